The fraction of sp³-hybridized carbons (Fsp3) is 0.400. The summed E-state index contributed by atoms with van der Waals surface area (Å²) < 4.78 is 0. The van der Waals surface area contributed by atoms with E-state index >= 15 is 0 Å². The minimum Gasteiger partial charge on any atom is -0.393 e. The predicted molar refractivity (Wildman–Crippen MR) is 183 cm³/mol. The summed E-state index contributed by atoms with van der Waals surface area (Å²) in [5.74, 6) is 0.382. The third-order valence-electron chi connectivity index (χ3n) is 8.02. The first-order chi connectivity index (χ1) is 19.2. The lowest BCUT2D eigenvalue weighted by Gasteiger charge is -2.35. The van der Waals surface area contributed by atoms with Gasteiger partial charge < -0.3 is 5.11 Å². The number of allylic oxidation sites excluding steroid dienone is 22. The minimum absolute atomic E-state index is 0.00983. The molecule has 1 heteroatoms. The maximum Gasteiger partial charge on any atom is 0.0585 e. The van der Waals surface area contributed by atoms with Gasteiger partial charge in [-0.15, -0.1) is 0 Å². The van der Waals surface area contributed by atoms with Crippen LogP contribution in [-0.4, -0.2) is 11.2 Å². The average molecular weight is 551 g/mol. The molecule has 1 N–H and O–H groups in total. The van der Waals surface area contributed by atoms with Crippen LogP contribution in [0.25, 0.3) is 0 Å². The van der Waals surface area contributed by atoms with Crippen molar-refractivity contribution in [3.05, 3.63) is 143 Å². The van der Waals surface area contributed by atoms with E-state index in [1.54, 1.807) is 0 Å². The number of aliphatic hydroxyl groups is 1. The Morgan fingerprint density at radius 1 is 0.805 bits per heavy atom. The van der Waals surface area contributed by atoms with E-state index in [1.165, 1.54) is 39.0 Å². The fourth-order valence-electron chi connectivity index (χ4n) is 5.61. The van der Waals surface area contributed by atoms with Crippen molar-refractivity contribution < 1.29 is 5.11 Å². The van der Waals surface area contributed by atoms with Gasteiger partial charge in [0.05, 0.1) is 6.10 Å². The maximum atomic E-state index is 10.1. The van der Waals surface area contributed by atoms with Gasteiger partial charge in [-0.3, -0.25) is 0 Å². The van der Waals surface area contributed by atoms with Crippen LogP contribution in [0.1, 0.15) is 81.6 Å². The molecule has 0 amide bonds. The van der Waals surface area contributed by atoms with Crippen molar-refractivity contribution >= 4 is 0 Å². The third kappa shape index (κ3) is 11.7. The smallest absolute Gasteiger partial charge is 0.0585 e. The molecule has 2 aliphatic rings. The molecule has 0 aromatic carbocycles. The second-order valence-electron chi connectivity index (χ2n) is 13.2. The van der Waals surface area contributed by atoms with Crippen molar-refractivity contribution in [2.75, 3.05) is 0 Å². The van der Waals surface area contributed by atoms with E-state index in [9.17, 15) is 5.11 Å². The Morgan fingerprint density at radius 2 is 1.32 bits per heavy atom. The van der Waals surface area contributed by atoms with Gasteiger partial charge in [0.1, 0.15) is 0 Å². The molecular formula is C40H54O. The molecule has 0 saturated carbocycles. The fourth-order valence-corrected chi connectivity index (χ4v) is 5.61. The summed E-state index contributed by atoms with van der Waals surface area (Å²) >= 11 is 0. The summed E-state index contributed by atoms with van der Waals surface area (Å²) in [6.07, 6.45) is 37.0. The van der Waals surface area contributed by atoms with Crippen LogP contribution in [-0.2, 0) is 0 Å². The zero-order valence-corrected chi connectivity index (χ0v) is 27.2. The molecule has 0 aliphatic heterocycles. The van der Waals surface area contributed by atoms with Crippen molar-refractivity contribution in [3.63, 3.8) is 0 Å². The van der Waals surface area contributed by atoms with Crippen LogP contribution < -0.4 is 0 Å². The summed E-state index contributed by atoms with van der Waals surface area (Å²) in [5.41, 5.74) is 8.91. The SMILES string of the molecule is C=C1C=CCC(C)(C)[C@H]1/C=C/C(C)=C\C=C\C(C)=C\C=C\C=C(C)\C=C\C=C(C)/C=C/C1=C(C)C[C@@H](O)CC1(C)C. The summed E-state index contributed by atoms with van der Waals surface area (Å²) in [6.45, 7) is 24.0. The van der Waals surface area contributed by atoms with Crippen LogP contribution >= 0.6 is 0 Å². The molecular weight excluding hydrogens is 496 g/mol. The standard InChI is InChI=1S/C40H54O/c1-30(18-13-20-32(3)23-25-37-34(5)22-15-27-39(37,7)8)16-11-12-17-31(2)19-14-21-33(4)24-26-38-35(6)28-36(41)29-40(38,9)10/h11-26,36-37,41H,5,27-29H2,1-4,6-10H3/b12-11+,18-13+,19-14+,25-23+,26-24+,30-16+,31-17+,32-20-,33-21-/t36-,37+/m1/s1. The Kier molecular flexibility index (Phi) is 13.1. The van der Waals surface area contributed by atoms with Crippen LogP contribution in [0, 0.1) is 16.7 Å². The van der Waals surface area contributed by atoms with Gasteiger partial charge in [-0.05, 0) is 75.9 Å². The van der Waals surface area contributed by atoms with Gasteiger partial charge in [-0.25, -0.2) is 0 Å². The molecule has 0 saturated heterocycles. The Labute approximate surface area is 251 Å². The average Bonchev–Trinajstić information content (AvgIpc) is 2.84. The van der Waals surface area contributed by atoms with E-state index in [1.807, 2.05) is 0 Å². The van der Waals surface area contributed by atoms with Crippen LogP contribution in [0.5, 0.6) is 0 Å². The zero-order valence-electron chi connectivity index (χ0n) is 27.2. The van der Waals surface area contributed by atoms with Crippen LogP contribution in [0.2, 0.25) is 0 Å². The molecule has 0 aromatic heterocycles. The minimum atomic E-state index is -0.223. The van der Waals surface area contributed by atoms with Gasteiger partial charge in [0.15, 0.2) is 0 Å². The van der Waals surface area contributed by atoms with Gasteiger partial charge in [-0.1, -0.05) is 159 Å². The second kappa shape index (κ2) is 15.7. The third-order valence-corrected chi connectivity index (χ3v) is 8.02. The number of aliphatic hydroxyl groups excluding tert-OH is 1. The van der Waals surface area contributed by atoms with Crippen molar-refractivity contribution in [1.29, 1.82) is 0 Å². The van der Waals surface area contributed by atoms with Gasteiger partial charge in [0.2, 0.25) is 0 Å². The van der Waals surface area contributed by atoms with Gasteiger partial charge in [0, 0.05) is 5.92 Å². The van der Waals surface area contributed by atoms with Gasteiger partial charge in [-0.2, -0.15) is 0 Å². The van der Waals surface area contributed by atoms with E-state index in [-0.39, 0.29) is 16.9 Å². The molecule has 0 spiro atoms. The molecule has 0 bridgehead atoms. The van der Waals surface area contributed by atoms with E-state index < -0.39 is 0 Å². The molecule has 0 aromatic rings. The lowest BCUT2D eigenvalue weighted by Crippen LogP contribution is -2.28. The molecule has 0 radical (unpaired) electrons. The Balaban J connectivity index is 1.89. The van der Waals surface area contributed by atoms with E-state index in [0.717, 1.165) is 19.3 Å². The first-order valence-electron chi connectivity index (χ1n) is 15.0. The topological polar surface area (TPSA) is 20.2 Å². The summed E-state index contributed by atoms with van der Waals surface area (Å²) in [7, 11) is 0. The van der Waals surface area contributed by atoms with Crippen molar-refractivity contribution in [2.24, 2.45) is 16.7 Å². The molecule has 0 fully saturated rings. The van der Waals surface area contributed by atoms with Crippen molar-refractivity contribution in [3.8, 4) is 0 Å². The number of rotatable bonds is 10. The largest absolute Gasteiger partial charge is 0.393 e. The second-order valence-corrected chi connectivity index (χ2v) is 13.2. The van der Waals surface area contributed by atoms with Crippen LogP contribution in [0.15, 0.2) is 143 Å². The summed E-state index contributed by atoms with van der Waals surface area (Å²) in [4.78, 5) is 0. The van der Waals surface area contributed by atoms with Gasteiger partial charge >= 0.3 is 0 Å². The molecule has 1 nitrogen and oxygen atoms in total. The predicted octanol–water partition coefficient (Wildman–Crippen LogP) is 11.2. The maximum absolute atomic E-state index is 10.1. The molecule has 41 heavy (non-hydrogen) atoms. The first-order valence-corrected chi connectivity index (χ1v) is 15.0. The highest BCUT2D eigenvalue weighted by atomic mass is 16.3. The Hall–Kier alpha value is -3.16. The zero-order chi connectivity index (χ0) is 30.6. The van der Waals surface area contributed by atoms with Crippen LogP contribution in [0.3, 0.4) is 0 Å². The van der Waals surface area contributed by atoms with Gasteiger partial charge in [0.25, 0.3) is 0 Å². The van der Waals surface area contributed by atoms with Crippen molar-refractivity contribution in [2.45, 2.75) is 87.7 Å². The van der Waals surface area contributed by atoms with Crippen molar-refractivity contribution in [1.82, 2.24) is 0 Å². The number of hydrogen-bond donors (Lipinski definition) is 1. The molecule has 2 atom stereocenters. The summed E-state index contributed by atoms with van der Waals surface area (Å²) in [5, 5.41) is 10.1. The Morgan fingerprint density at radius 3 is 1.85 bits per heavy atom. The lowest BCUT2D eigenvalue weighted by atomic mass is 9.69. The normalized spacial score (nSPS) is 24.9. The highest BCUT2D eigenvalue weighted by molar-refractivity contribution is 5.38. The molecule has 0 heterocycles. The lowest BCUT2D eigenvalue weighted by molar-refractivity contribution is 0.116. The highest BCUT2D eigenvalue weighted by Gasteiger charge is 2.31. The quantitative estimate of drug-likeness (QED) is 0.268. The molecule has 220 valence electrons. The number of hydrogen-bond acceptors (Lipinski definition) is 1. The highest BCUT2D eigenvalue weighted by Crippen LogP contribution is 2.41. The van der Waals surface area contributed by atoms with E-state index in [2.05, 4.69) is 166 Å². The van der Waals surface area contributed by atoms with E-state index in [4.69, 9.17) is 0 Å². The monoisotopic (exact) mass is 550 g/mol. The molecule has 0 unspecified atom stereocenters. The molecule has 2 rings (SSSR count). The summed E-state index contributed by atoms with van der Waals surface area (Å²) in [6, 6.07) is 0. The Bertz CT molecular complexity index is 1270. The van der Waals surface area contributed by atoms with E-state index in [0.29, 0.717) is 5.92 Å². The van der Waals surface area contributed by atoms with Crippen LogP contribution in [0.4, 0.5) is 0 Å². The molecule has 2 aliphatic carbocycles. The first kappa shape index (κ1) is 34.0.